The van der Waals surface area contributed by atoms with Gasteiger partial charge < -0.3 is 19.7 Å². The molecule has 0 aliphatic carbocycles. The van der Waals surface area contributed by atoms with Crippen LogP contribution in [0.25, 0.3) is 0 Å². The second kappa shape index (κ2) is 38.6. The van der Waals surface area contributed by atoms with Gasteiger partial charge in [-0.1, -0.05) is 184 Å². The monoisotopic (exact) mass is 689 g/mol. The molecule has 0 aromatic rings. The molecule has 0 aromatic carbocycles. The van der Waals surface area contributed by atoms with Crippen molar-refractivity contribution in [1.29, 1.82) is 0 Å². The minimum Gasteiger partial charge on any atom is -0.463 e. The standard InChI is InChI=1S/C43H76O6/c1-3-5-7-8-9-10-11-12-13-14-15-16-19-22-25-28-32-36-42(46)48-38-41(45)39-49-43(47)37-33-29-26-23-20-17-18-21-24-27-31-35-40(44)34-30-6-4-2/h17-18,23-24,26-27,31,35,40-41,44-45H,3-16,19-22,25,28-30,32-34,36-39H2,1-2H3/b18-17-,26-23-,27-24-,35-31+/t40-,41-/m1/s1. The van der Waals surface area contributed by atoms with Crippen LogP contribution in [0.4, 0.5) is 0 Å². The van der Waals surface area contributed by atoms with Gasteiger partial charge in [0.2, 0.25) is 0 Å². The number of carbonyl (C=O) groups is 2. The molecule has 0 rings (SSSR count). The number of esters is 2. The smallest absolute Gasteiger partial charge is 0.305 e. The van der Waals surface area contributed by atoms with Crippen LogP contribution in [0.5, 0.6) is 0 Å². The predicted octanol–water partition coefficient (Wildman–Crippen LogP) is 11.6. The highest BCUT2D eigenvalue weighted by Gasteiger charge is 2.12. The van der Waals surface area contributed by atoms with Crippen LogP contribution >= 0.6 is 0 Å². The molecule has 49 heavy (non-hydrogen) atoms. The van der Waals surface area contributed by atoms with E-state index < -0.39 is 6.10 Å². The van der Waals surface area contributed by atoms with Gasteiger partial charge in [0.05, 0.1) is 6.10 Å². The molecule has 0 radical (unpaired) electrons. The molecular formula is C43H76O6. The molecule has 0 saturated carbocycles. The normalized spacial score (nSPS) is 13.3. The van der Waals surface area contributed by atoms with Gasteiger partial charge in [-0.2, -0.15) is 0 Å². The average molecular weight is 689 g/mol. The summed E-state index contributed by atoms with van der Waals surface area (Å²) in [5.41, 5.74) is 0. The molecule has 0 spiro atoms. The zero-order chi connectivity index (χ0) is 35.9. The molecule has 0 amide bonds. The second-order valence-electron chi connectivity index (χ2n) is 13.6. The van der Waals surface area contributed by atoms with Crippen LogP contribution < -0.4 is 0 Å². The fraction of sp³-hybridized carbons (Fsp3) is 0.767. The molecule has 0 bridgehead atoms. The molecule has 2 N–H and O–H groups in total. The molecule has 0 aromatic heterocycles. The number of allylic oxidation sites excluding steroid dienone is 7. The molecule has 0 fully saturated rings. The van der Waals surface area contributed by atoms with Crippen LogP contribution in [0.3, 0.4) is 0 Å². The lowest BCUT2D eigenvalue weighted by Crippen LogP contribution is -2.25. The fourth-order valence-corrected chi connectivity index (χ4v) is 5.54. The number of hydrogen-bond donors (Lipinski definition) is 2. The van der Waals surface area contributed by atoms with E-state index in [4.69, 9.17) is 9.47 Å². The van der Waals surface area contributed by atoms with Crippen LogP contribution in [-0.2, 0) is 19.1 Å². The molecule has 0 aliphatic heterocycles. The third-order valence-corrected chi connectivity index (χ3v) is 8.67. The lowest BCUT2D eigenvalue weighted by molar-refractivity contribution is -0.152. The van der Waals surface area contributed by atoms with Gasteiger partial charge >= 0.3 is 11.9 Å². The minimum atomic E-state index is -0.997. The molecule has 2 atom stereocenters. The Hall–Kier alpha value is -2.18. The summed E-state index contributed by atoms with van der Waals surface area (Å²) in [6.45, 7) is 4.13. The third kappa shape index (κ3) is 38.5. The molecule has 0 heterocycles. The lowest BCUT2D eigenvalue weighted by Gasteiger charge is -2.12. The summed E-state index contributed by atoms with van der Waals surface area (Å²) in [6.07, 6.45) is 45.0. The van der Waals surface area contributed by atoms with E-state index >= 15 is 0 Å². The zero-order valence-corrected chi connectivity index (χ0v) is 31.8. The van der Waals surface area contributed by atoms with Crippen LogP contribution in [0.2, 0.25) is 0 Å². The van der Waals surface area contributed by atoms with Crippen LogP contribution in [0, 0.1) is 0 Å². The van der Waals surface area contributed by atoms with Gasteiger partial charge in [0.15, 0.2) is 0 Å². The number of ether oxygens (including phenoxy) is 2. The van der Waals surface area contributed by atoms with Crippen molar-refractivity contribution in [3.8, 4) is 0 Å². The fourth-order valence-electron chi connectivity index (χ4n) is 5.54. The van der Waals surface area contributed by atoms with E-state index in [1.807, 2.05) is 18.2 Å². The quantitative estimate of drug-likeness (QED) is 0.0294. The number of aliphatic hydroxyl groups excluding tert-OH is 2. The second-order valence-corrected chi connectivity index (χ2v) is 13.6. The molecule has 6 heteroatoms. The summed E-state index contributed by atoms with van der Waals surface area (Å²) in [6, 6.07) is 0. The van der Waals surface area contributed by atoms with E-state index in [9.17, 15) is 19.8 Å². The Morgan fingerprint density at radius 2 is 0.939 bits per heavy atom. The Kier molecular flexibility index (Phi) is 36.9. The van der Waals surface area contributed by atoms with Crippen LogP contribution in [-0.4, -0.2) is 47.6 Å². The number of aliphatic hydroxyl groups is 2. The van der Waals surface area contributed by atoms with E-state index in [1.54, 1.807) is 0 Å². The summed E-state index contributed by atoms with van der Waals surface area (Å²) < 4.78 is 10.3. The van der Waals surface area contributed by atoms with E-state index in [-0.39, 0.29) is 37.7 Å². The van der Waals surface area contributed by atoms with Crippen LogP contribution in [0.1, 0.15) is 187 Å². The van der Waals surface area contributed by atoms with Crippen molar-refractivity contribution in [2.24, 2.45) is 0 Å². The average Bonchev–Trinajstić information content (AvgIpc) is 3.09. The largest absolute Gasteiger partial charge is 0.463 e. The first-order valence-electron chi connectivity index (χ1n) is 20.3. The van der Waals surface area contributed by atoms with E-state index in [2.05, 4.69) is 44.2 Å². The van der Waals surface area contributed by atoms with Crippen molar-refractivity contribution < 1.29 is 29.3 Å². The maximum absolute atomic E-state index is 12.0. The first kappa shape index (κ1) is 46.8. The molecule has 284 valence electrons. The Bertz CT molecular complexity index is 845. The maximum atomic E-state index is 12.0. The van der Waals surface area contributed by atoms with Gasteiger partial charge in [-0.3, -0.25) is 9.59 Å². The van der Waals surface area contributed by atoms with Gasteiger partial charge in [-0.05, 0) is 38.5 Å². The van der Waals surface area contributed by atoms with Gasteiger partial charge in [0.1, 0.15) is 19.3 Å². The minimum absolute atomic E-state index is 0.143. The summed E-state index contributed by atoms with van der Waals surface area (Å²) in [7, 11) is 0. The number of unbranched alkanes of at least 4 members (excludes halogenated alkanes) is 19. The Morgan fingerprint density at radius 1 is 0.510 bits per heavy atom. The number of carbonyl (C=O) groups excluding carboxylic acids is 2. The summed E-state index contributed by atoms with van der Waals surface area (Å²) >= 11 is 0. The Balaban J connectivity index is 3.55. The highest BCUT2D eigenvalue weighted by atomic mass is 16.6. The number of rotatable bonds is 36. The molecule has 0 saturated heterocycles. The molecular weight excluding hydrogens is 612 g/mol. The first-order chi connectivity index (χ1) is 24.0. The SMILES string of the molecule is CCCCCCCCCCCCCCCCCCCC(=O)OC[C@@H](O)COC(=O)CCC/C=C\C/C=C\C/C=C\C=C\[C@H](O)CCCCC. The van der Waals surface area contributed by atoms with Crippen LogP contribution in [0.15, 0.2) is 48.6 Å². The Morgan fingerprint density at radius 3 is 1.47 bits per heavy atom. The third-order valence-electron chi connectivity index (χ3n) is 8.67. The van der Waals surface area contributed by atoms with Crippen molar-refractivity contribution in [2.45, 2.75) is 199 Å². The van der Waals surface area contributed by atoms with Crippen molar-refractivity contribution in [3.05, 3.63) is 48.6 Å². The highest BCUT2D eigenvalue weighted by Crippen LogP contribution is 2.14. The number of hydrogen-bond acceptors (Lipinski definition) is 6. The predicted molar refractivity (Wildman–Crippen MR) is 206 cm³/mol. The lowest BCUT2D eigenvalue weighted by atomic mass is 10.0. The van der Waals surface area contributed by atoms with Crippen molar-refractivity contribution in [2.75, 3.05) is 13.2 Å². The summed E-state index contributed by atoms with van der Waals surface area (Å²) in [4.78, 5) is 23.9. The maximum Gasteiger partial charge on any atom is 0.305 e. The van der Waals surface area contributed by atoms with Crippen molar-refractivity contribution in [3.63, 3.8) is 0 Å². The van der Waals surface area contributed by atoms with E-state index in [0.717, 1.165) is 57.8 Å². The zero-order valence-electron chi connectivity index (χ0n) is 31.8. The van der Waals surface area contributed by atoms with E-state index in [1.165, 1.54) is 96.3 Å². The van der Waals surface area contributed by atoms with Crippen molar-refractivity contribution >= 4 is 11.9 Å². The highest BCUT2D eigenvalue weighted by molar-refractivity contribution is 5.69. The molecule has 6 nitrogen and oxygen atoms in total. The summed E-state index contributed by atoms with van der Waals surface area (Å²) in [5, 5.41) is 19.9. The Labute approximate surface area is 301 Å². The van der Waals surface area contributed by atoms with Gasteiger partial charge in [0, 0.05) is 12.8 Å². The topological polar surface area (TPSA) is 93.1 Å². The summed E-state index contributed by atoms with van der Waals surface area (Å²) in [5.74, 6) is -0.651. The van der Waals surface area contributed by atoms with E-state index in [0.29, 0.717) is 12.8 Å². The molecule has 0 aliphatic rings. The van der Waals surface area contributed by atoms with Gasteiger partial charge in [0.25, 0.3) is 0 Å². The molecule has 0 unspecified atom stereocenters. The first-order valence-corrected chi connectivity index (χ1v) is 20.3. The van der Waals surface area contributed by atoms with Crippen molar-refractivity contribution in [1.82, 2.24) is 0 Å². The van der Waals surface area contributed by atoms with Gasteiger partial charge in [-0.15, -0.1) is 0 Å². The van der Waals surface area contributed by atoms with Gasteiger partial charge in [-0.25, -0.2) is 0 Å².